The third-order valence-electron chi connectivity index (χ3n) is 0. The third kappa shape index (κ3) is 8.84. The summed E-state index contributed by atoms with van der Waals surface area (Å²) in [6.45, 7) is 0. The molecular formula is Br2CaLi+. The van der Waals surface area contributed by atoms with Gasteiger partial charge in [0.2, 0.25) is 0 Å². The zero-order chi connectivity index (χ0) is 0. The SMILES string of the molecule is [Br-].[Br-].[Ca+2].[Li+]. The van der Waals surface area contributed by atoms with Gasteiger partial charge in [-0.1, -0.05) is 0 Å². The molecule has 0 aromatic carbocycles. The van der Waals surface area contributed by atoms with Crippen LogP contribution >= 0.6 is 0 Å². The molecule has 4 heteroatoms. The molecule has 0 spiro atoms. The summed E-state index contributed by atoms with van der Waals surface area (Å²) in [5.74, 6) is 0. The van der Waals surface area contributed by atoms with Crippen LogP contribution < -0.4 is 52.8 Å². The standard InChI is InChI=1S/2BrH.Ca.Li/h2*1H;;/q;;+2;+1/p-2. The topological polar surface area (TPSA) is 0 Å². The molecule has 0 nitrogen and oxygen atoms in total. The summed E-state index contributed by atoms with van der Waals surface area (Å²) < 4.78 is 0. The average Bonchev–Trinajstić information content (AvgIpc) is 0. The Hall–Kier alpha value is 2.82. The molecule has 0 amide bonds. The van der Waals surface area contributed by atoms with Crippen molar-refractivity contribution >= 4 is 37.7 Å². The second kappa shape index (κ2) is 17.0. The Morgan fingerprint density at radius 1 is 0.750 bits per heavy atom. The fourth-order valence-electron chi connectivity index (χ4n) is 0. The molecule has 0 bridgehead atoms. The summed E-state index contributed by atoms with van der Waals surface area (Å²) >= 11 is 0. The van der Waals surface area contributed by atoms with Crippen LogP contribution in [0.25, 0.3) is 0 Å². The second-order valence-corrected chi connectivity index (χ2v) is 0. The van der Waals surface area contributed by atoms with Gasteiger partial charge in [0.25, 0.3) is 0 Å². The minimum absolute atomic E-state index is 0. The monoisotopic (exact) mass is 205 g/mol. The van der Waals surface area contributed by atoms with E-state index in [1.807, 2.05) is 0 Å². The van der Waals surface area contributed by atoms with Gasteiger partial charge < -0.3 is 34.0 Å². The first-order valence-electron chi connectivity index (χ1n) is 0. The largest absolute Gasteiger partial charge is 2.00 e. The van der Waals surface area contributed by atoms with Crippen molar-refractivity contribution in [1.29, 1.82) is 0 Å². The molecule has 0 saturated heterocycles. The van der Waals surface area contributed by atoms with Gasteiger partial charge in [0.1, 0.15) is 0 Å². The normalized spacial score (nSPS) is 0. The van der Waals surface area contributed by atoms with Crippen LogP contribution in [0.2, 0.25) is 0 Å². The van der Waals surface area contributed by atoms with E-state index in [1.165, 1.54) is 0 Å². The summed E-state index contributed by atoms with van der Waals surface area (Å²) in [7, 11) is 0. The number of halogens is 2. The van der Waals surface area contributed by atoms with Crippen LogP contribution in [0, 0.1) is 0 Å². The third-order valence-corrected chi connectivity index (χ3v) is 0. The van der Waals surface area contributed by atoms with Gasteiger partial charge >= 0.3 is 56.6 Å². The quantitative estimate of drug-likeness (QED) is 0.346. The zero-order valence-electron chi connectivity index (χ0n) is 2.46. The van der Waals surface area contributed by atoms with Gasteiger partial charge in [0.15, 0.2) is 0 Å². The molecular weight excluding hydrogens is 207 g/mol. The predicted octanol–water partition coefficient (Wildman–Crippen LogP) is -9.37. The van der Waals surface area contributed by atoms with Gasteiger partial charge in [-0.15, -0.1) is 0 Å². The molecule has 0 aromatic rings. The van der Waals surface area contributed by atoms with Crippen LogP contribution in [0.5, 0.6) is 0 Å². The van der Waals surface area contributed by atoms with Gasteiger partial charge in [0.05, 0.1) is 0 Å². The second-order valence-electron chi connectivity index (χ2n) is 0. The minimum atomic E-state index is 0. The fraction of sp³-hybridized carbons (Fsp3) is 0. The summed E-state index contributed by atoms with van der Waals surface area (Å²) in [5.41, 5.74) is 0. The maximum atomic E-state index is 0. The first kappa shape index (κ1) is 29.1. The van der Waals surface area contributed by atoms with E-state index in [0.717, 1.165) is 0 Å². The van der Waals surface area contributed by atoms with Gasteiger partial charge in [-0.25, -0.2) is 0 Å². The average molecular weight is 207 g/mol. The van der Waals surface area contributed by atoms with E-state index in [4.69, 9.17) is 0 Å². The van der Waals surface area contributed by atoms with Crippen molar-refractivity contribution in [2.75, 3.05) is 0 Å². The predicted molar refractivity (Wildman–Crippen MR) is 5.75 cm³/mol. The summed E-state index contributed by atoms with van der Waals surface area (Å²) in [6, 6.07) is 0. The molecule has 0 unspecified atom stereocenters. The van der Waals surface area contributed by atoms with Crippen LogP contribution in [0.3, 0.4) is 0 Å². The Bertz CT molecular complexity index is 6.00. The van der Waals surface area contributed by atoms with Crippen LogP contribution in [-0.4, -0.2) is 37.7 Å². The van der Waals surface area contributed by atoms with Crippen molar-refractivity contribution in [1.82, 2.24) is 0 Å². The van der Waals surface area contributed by atoms with Crippen molar-refractivity contribution < 1.29 is 52.8 Å². The van der Waals surface area contributed by atoms with Crippen molar-refractivity contribution in [3.63, 3.8) is 0 Å². The van der Waals surface area contributed by atoms with Gasteiger partial charge in [0, 0.05) is 0 Å². The zero-order valence-corrected chi connectivity index (χ0v) is 7.84. The summed E-state index contributed by atoms with van der Waals surface area (Å²) in [6.07, 6.45) is 0. The van der Waals surface area contributed by atoms with E-state index in [2.05, 4.69) is 0 Å². The van der Waals surface area contributed by atoms with Crippen molar-refractivity contribution in [3.8, 4) is 0 Å². The van der Waals surface area contributed by atoms with Crippen molar-refractivity contribution in [2.45, 2.75) is 0 Å². The minimum Gasteiger partial charge on any atom is -1.00 e. The first-order valence-corrected chi connectivity index (χ1v) is 0. The Balaban J connectivity index is 0. The van der Waals surface area contributed by atoms with Crippen LogP contribution in [-0.2, 0) is 0 Å². The summed E-state index contributed by atoms with van der Waals surface area (Å²) in [4.78, 5) is 0. The first-order chi connectivity index (χ1) is 0. The number of hydrogen-bond donors (Lipinski definition) is 0. The van der Waals surface area contributed by atoms with E-state index in [0.29, 0.717) is 0 Å². The van der Waals surface area contributed by atoms with Crippen LogP contribution in [0.4, 0.5) is 0 Å². The smallest absolute Gasteiger partial charge is 1.00 e. The molecule has 0 atom stereocenters. The fourth-order valence-corrected chi connectivity index (χ4v) is 0. The van der Waals surface area contributed by atoms with E-state index in [1.54, 1.807) is 0 Å². The molecule has 0 heterocycles. The van der Waals surface area contributed by atoms with Gasteiger partial charge in [-0.2, -0.15) is 0 Å². The molecule has 16 valence electrons. The Morgan fingerprint density at radius 3 is 0.750 bits per heavy atom. The maximum Gasteiger partial charge on any atom is 2.00 e. The molecule has 0 fully saturated rings. The number of rotatable bonds is 0. The Morgan fingerprint density at radius 2 is 0.750 bits per heavy atom. The van der Waals surface area contributed by atoms with Gasteiger partial charge in [-0.05, 0) is 0 Å². The van der Waals surface area contributed by atoms with Crippen molar-refractivity contribution in [2.24, 2.45) is 0 Å². The Kier molecular flexibility index (Phi) is 124. The van der Waals surface area contributed by atoms with Crippen molar-refractivity contribution in [3.05, 3.63) is 0 Å². The van der Waals surface area contributed by atoms with E-state index in [9.17, 15) is 0 Å². The molecule has 0 rings (SSSR count). The summed E-state index contributed by atoms with van der Waals surface area (Å²) in [5, 5.41) is 0. The molecule has 0 aliphatic carbocycles. The molecule has 0 aromatic heterocycles. The molecule has 0 radical (unpaired) electrons. The molecule has 0 N–H and O–H groups in total. The molecule has 4 heavy (non-hydrogen) atoms. The molecule has 0 saturated carbocycles. The van der Waals surface area contributed by atoms with E-state index in [-0.39, 0.29) is 90.6 Å². The van der Waals surface area contributed by atoms with E-state index >= 15 is 0 Å². The molecule has 0 aliphatic rings. The molecule has 0 aliphatic heterocycles. The number of hydrogen-bond acceptors (Lipinski definition) is 0. The Labute approximate surface area is 88.8 Å². The van der Waals surface area contributed by atoms with E-state index < -0.39 is 0 Å². The van der Waals surface area contributed by atoms with Crippen LogP contribution in [0.15, 0.2) is 0 Å². The maximum absolute atomic E-state index is 0. The van der Waals surface area contributed by atoms with Crippen LogP contribution in [0.1, 0.15) is 0 Å². The van der Waals surface area contributed by atoms with Gasteiger partial charge in [-0.3, -0.25) is 0 Å².